The number of nitrogens with one attached hydrogen (secondary N) is 1. The molecule has 5 rings (SSSR count). The molecule has 2 atom stereocenters. The van der Waals surface area contributed by atoms with Gasteiger partial charge in [-0.1, -0.05) is 12.1 Å². The van der Waals surface area contributed by atoms with Gasteiger partial charge in [0.05, 0.1) is 11.9 Å². The molecule has 2 N–H and O–H groups in total. The summed E-state index contributed by atoms with van der Waals surface area (Å²) in [5.41, 5.74) is -0.800. The minimum absolute atomic E-state index is 0.0271. The molecule has 0 bridgehead atoms. The zero-order valence-corrected chi connectivity index (χ0v) is 22.7. The number of rotatable bonds is 6. The van der Waals surface area contributed by atoms with Gasteiger partial charge in [0.2, 0.25) is 11.9 Å². The highest BCUT2D eigenvalue weighted by atomic mass is 19.4. The number of carbonyl (C=O) groups excluding carboxylic acids is 2. The Morgan fingerprint density at radius 1 is 1.00 bits per heavy atom. The summed E-state index contributed by atoms with van der Waals surface area (Å²) in [6, 6.07) is 8.31. The quantitative estimate of drug-likeness (QED) is 0.393. The Labute approximate surface area is 245 Å². The monoisotopic (exact) mass is 630 g/mol. The van der Waals surface area contributed by atoms with Crippen LogP contribution in [0.1, 0.15) is 34.2 Å². The van der Waals surface area contributed by atoms with Gasteiger partial charge in [-0.3, -0.25) is 9.59 Å². The van der Waals surface area contributed by atoms with Crippen molar-refractivity contribution in [2.24, 2.45) is 0 Å². The lowest BCUT2D eigenvalue weighted by atomic mass is 9.98. The molecule has 17 heteroatoms. The Kier molecular flexibility index (Phi) is 8.42. The van der Waals surface area contributed by atoms with E-state index in [0.717, 1.165) is 4.90 Å². The van der Waals surface area contributed by atoms with Crippen LogP contribution in [0.5, 0.6) is 0 Å². The lowest BCUT2D eigenvalue weighted by molar-refractivity contribution is -0.210. The number of pyridine rings is 1. The molecule has 2 unspecified atom stereocenters. The van der Waals surface area contributed by atoms with Crippen LogP contribution < -0.4 is 15.1 Å². The van der Waals surface area contributed by atoms with Crippen LogP contribution in [0.25, 0.3) is 0 Å². The first-order chi connectivity index (χ1) is 20.7. The number of hydrogen-bond acceptors (Lipinski definition) is 8. The molecular formula is C27H25F7N6O4. The minimum atomic E-state index is -5.08. The zero-order chi connectivity index (χ0) is 31.8. The number of aliphatic hydroxyl groups excluding tert-OH is 1. The summed E-state index contributed by atoms with van der Waals surface area (Å²) in [5, 5.41) is 11.5. The molecule has 2 aliphatic rings. The van der Waals surface area contributed by atoms with Crippen LogP contribution in [0.3, 0.4) is 0 Å². The number of alkyl halides is 6. The number of carbonyl (C=O) groups is 2. The summed E-state index contributed by atoms with van der Waals surface area (Å²) in [6.45, 7) is 0.457. The Morgan fingerprint density at radius 3 is 2.34 bits per heavy atom. The number of benzene rings is 1. The van der Waals surface area contributed by atoms with E-state index >= 15 is 0 Å². The van der Waals surface area contributed by atoms with Crippen molar-refractivity contribution in [2.45, 2.75) is 30.8 Å². The third-order valence-corrected chi connectivity index (χ3v) is 7.33. The molecule has 3 aromatic rings. The summed E-state index contributed by atoms with van der Waals surface area (Å²) in [5.74, 6) is -3.99. The highest BCUT2D eigenvalue weighted by Gasteiger charge is 2.46. The summed E-state index contributed by atoms with van der Waals surface area (Å²) >= 11 is 0. The number of halogens is 7. The lowest BCUT2D eigenvalue weighted by Crippen LogP contribution is -2.54. The number of amides is 2. The van der Waals surface area contributed by atoms with Crippen molar-refractivity contribution >= 4 is 29.3 Å². The van der Waals surface area contributed by atoms with Crippen molar-refractivity contribution in [2.75, 3.05) is 54.4 Å². The topological polar surface area (TPSA) is 115 Å². The normalized spacial score (nSPS) is 18.5. The highest BCUT2D eigenvalue weighted by Crippen LogP contribution is 2.37. The van der Waals surface area contributed by atoms with E-state index in [1.54, 1.807) is 17.0 Å². The van der Waals surface area contributed by atoms with Gasteiger partial charge in [-0.25, -0.2) is 9.37 Å². The van der Waals surface area contributed by atoms with Crippen molar-refractivity contribution in [3.63, 3.8) is 0 Å². The van der Waals surface area contributed by atoms with Crippen LogP contribution in [-0.4, -0.2) is 83.3 Å². The van der Waals surface area contributed by atoms with Crippen LogP contribution in [0, 0.1) is 5.82 Å². The number of aliphatic hydroxyl groups is 1. The fourth-order valence-corrected chi connectivity index (χ4v) is 5.06. The van der Waals surface area contributed by atoms with E-state index < -0.39 is 53.6 Å². The molecule has 2 fully saturated rings. The summed E-state index contributed by atoms with van der Waals surface area (Å²) in [4.78, 5) is 36.4. The van der Waals surface area contributed by atoms with E-state index in [1.165, 1.54) is 35.4 Å². The molecule has 0 spiro atoms. The van der Waals surface area contributed by atoms with E-state index in [9.17, 15) is 45.4 Å². The van der Waals surface area contributed by atoms with Gasteiger partial charge in [0.15, 0.2) is 5.69 Å². The maximum Gasteiger partial charge on any atom is 0.437 e. The van der Waals surface area contributed by atoms with Crippen molar-refractivity contribution < 1.29 is 49.8 Å². The largest absolute Gasteiger partial charge is 0.437 e. The molecule has 0 saturated carbocycles. The van der Waals surface area contributed by atoms with Crippen LogP contribution in [0.4, 0.5) is 48.3 Å². The molecule has 236 valence electrons. The number of nitrogens with zero attached hydrogens (tertiary/aromatic N) is 5. The molecule has 0 radical (unpaired) electrons. The second kappa shape index (κ2) is 11.9. The second-order valence-electron chi connectivity index (χ2n) is 10.3. The molecule has 2 aromatic heterocycles. The van der Waals surface area contributed by atoms with E-state index in [2.05, 4.69) is 15.3 Å². The van der Waals surface area contributed by atoms with Gasteiger partial charge in [0.25, 0.3) is 17.8 Å². The van der Waals surface area contributed by atoms with Gasteiger partial charge in [-0.05, 0) is 36.2 Å². The first-order valence-corrected chi connectivity index (χ1v) is 13.3. The Hall–Kier alpha value is -4.41. The molecule has 2 aliphatic heterocycles. The molecule has 10 nitrogen and oxygen atoms in total. The molecule has 2 amide bonds. The standard InChI is InChI=1S/C27H25F7N6O4/c28-17-3-1-2-15(12-17)16-6-7-40(14-16)25-37-21(26(29,30)31)20(44-25)23(42)36-18-4-5-19(35-13-18)38-8-10-39(11-9-38)24(43)22(41)27(32,33)34/h1-5,12-13,16,22,41H,6-11,14H2,(H,36,42). The van der Waals surface area contributed by atoms with Crippen molar-refractivity contribution in [1.29, 1.82) is 0 Å². The van der Waals surface area contributed by atoms with Gasteiger partial charge in [0.1, 0.15) is 11.6 Å². The third kappa shape index (κ3) is 6.71. The van der Waals surface area contributed by atoms with E-state index in [4.69, 9.17) is 4.42 Å². The van der Waals surface area contributed by atoms with Crippen LogP contribution in [0.2, 0.25) is 0 Å². The number of oxazole rings is 1. The molecule has 0 aliphatic carbocycles. The fourth-order valence-electron chi connectivity index (χ4n) is 5.06. The van der Waals surface area contributed by atoms with Gasteiger partial charge in [-0.2, -0.15) is 31.3 Å². The van der Waals surface area contributed by atoms with Crippen molar-refractivity contribution in [1.82, 2.24) is 14.9 Å². The van der Waals surface area contributed by atoms with Gasteiger partial charge in [-0.15, -0.1) is 0 Å². The predicted octanol–water partition coefficient (Wildman–Crippen LogP) is 4.05. The number of aromatic nitrogens is 2. The SMILES string of the molecule is O=C(Nc1ccc(N2CCN(C(=O)C(O)C(F)(F)F)CC2)nc1)c1oc(N2CCC(c3cccc(F)c3)C2)nc1C(F)(F)F. The van der Waals surface area contributed by atoms with Crippen LogP contribution >= 0.6 is 0 Å². The van der Waals surface area contributed by atoms with E-state index in [1.807, 2.05) is 0 Å². The molecule has 2 saturated heterocycles. The fraction of sp³-hybridized carbons (Fsp3) is 0.407. The van der Waals surface area contributed by atoms with Gasteiger partial charge in [0, 0.05) is 45.2 Å². The molecular weight excluding hydrogens is 605 g/mol. The second-order valence-corrected chi connectivity index (χ2v) is 10.3. The first kappa shape index (κ1) is 31.0. The average molecular weight is 631 g/mol. The van der Waals surface area contributed by atoms with Gasteiger partial charge < -0.3 is 29.5 Å². The van der Waals surface area contributed by atoms with Crippen molar-refractivity contribution in [3.8, 4) is 0 Å². The molecule has 1 aromatic carbocycles. The molecule has 4 heterocycles. The Morgan fingerprint density at radius 2 is 1.73 bits per heavy atom. The summed E-state index contributed by atoms with van der Waals surface area (Å²) in [7, 11) is 0. The van der Waals surface area contributed by atoms with Crippen LogP contribution in [0.15, 0.2) is 47.0 Å². The number of anilines is 3. The Balaban J connectivity index is 1.23. The molecule has 44 heavy (non-hydrogen) atoms. The highest BCUT2D eigenvalue weighted by molar-refractivity contribution is 6.03. The Bertz CT molecular complexity index is 1500. The minimum Gasteiger partial charge on any atom is -0.417 e. The predicted molar refractivity (Wildman–Crippen MR) is 141 cm³/mol. The number of piperazine rings is 1. The van der Waals surface area contributed by atoms with Crippen LogP contribution in [-0.2, 0) is 11.0 Å². The smallest absolute Gasteiger partial charge is 0.417 e. The first-order valence-electron chi connectivity index (χ1n) is 13.3. The van der Waals surface area contributed by atoms with E-state index in [-0.39, 0.29) is 50.9 Å². The maximum atomic E-state index is 13.8. The third-order valence-electron chi connectivity index (χ3n) is 7.33. The van der Waals surface area contributed by atoms with Crippen molar-refractivity contribution in [3.05, 3.63) is 65.4 Å². The van der Waals surface area contributed by atoms with E-state index in [0.29, 0.717) is 17.8 Å². The summed E-state index contributed by atoms with van der Waals surface area (Å²) < 4.78 is 98.3. The lowest BCUT2D eigenvalue weighted by Gasteiger charge is -2.36. The zero-order valence-electron chi connectivity index (χ0n) is 22.7. The number of hydrogen-bond donors (Lipinski definition) is 2. The average Bonchev–Trinajstić information content (AvgIpc) is 3.65. The van der Waals surface area contributed by atoms with Gasteiger partial charge >= 0.3 is 12.4 Å². The maximum absolute atomic E-state index is 13.8. The summed E-state index contributed by atoms with van der Waals surface area (Å²) in [6.07, 6.45) is -11.5.